The number of nitrogens with zero attached hydrogens (tertiary/aromatic N) is 4. The summed E-state index contributed by atoms with van der Waals surface area (Å²) in [4.78, 5) is 24.3. The molecule has 0 radical (unpaired) electrons. The number of ether oxygens (including phenoxy) is 2. The van der Waals surface area contributed by atoms with Crippen molar-refractivity contribution in [3.8, 4) is 22.8 Å². The lowest BCUT2D eigenvalue weighted by Gasteiger charge is -2.26. The monoisotopic (exact) mass is 408 g/mol. The van der Waals surface area contributed by atoms with Gasteiger partial charge in [0, 0.05) is 24.9 Å². The number of likely N-dealkylation sites (tertiary alicyclic amines) is 1. The number of benzene rings is 1. The molecule has 1 amide bonds. The standard InChI is InChI=1S/C22H24N4O4/c1-13-10-20(30-25-13)17-12-23-14(2)24-21(17)18-6-5-9-26(18)22(27)16-8-7-15(28-3)11-19(16)29-4/h7-8,10-12,18H,5-6,9H2,1-4H3/t18-/m0/s1. The summed E-state index contributed by atoms with van der Waals surface area (Å²) in [5.74, 6) is 2.26. The van der Waals surface area contributed by atoms with Crippen LogP contribution in [0.5, 0.6) is 11.5 Å². The van der Waals surface area contributed by atoms with Crippen molar-refractivity contribution in [3.05, 3.63) is 53.2 Å². The van der Waals surface area contributed by atoms with E-state index in [2.05, 4.69) is 10.1 Å². The highest BCUT2D eigenvalue weighted by Gasteiger charge is 2.35. The van der Waals surface area contributed by atoms with Crippen molar-refractivity contribution >= 4 is 5.91 Å². The third-order valence-corrected chi connectivity index (χ3v) is 5.30. The maximum Gasteiger partial charge on any atom is 0.258 e. The van der Waals surface area contributed by atoms with Gasteiger partial charge in [-0.1, -0.05) is 5.16 Å². The molecule has 1 aromatic carbocycles. The van der Waals surface area contributed by atoms with E-state index in [1.165, 1.54) is 0 Å². The highest BCUT2D eigenvalue weighted by molar-refractivity contribution is 5.97. The van der Waals surface area contributed by atoms with Crippen LogP contribution >= 0.6 is 0 Å². The van der Waals surface area contributed by atoms with Gasteiger partial charge in [0.25, 0.3) is 5.91 Å². The van der Waals surface area contributed by atoms with Gasteiger partial charge in [-0.2, -0.15) is 0 Å². The molecule has 1 aliphatic rings. The Kier molecular flexibility index (Phi) is 5.39. The van der Waals surface area contributed by atoms with E-state index in [-0.39, 0.29) is 11.9 Å². The third-order valence-electron chi connectivity index (χ3n) is 5.30. The van der Waals surface area contributed by atoms with Crippen LogP contribution in [0, 0.1) is 13.8 Å². The number of amides is 1. The van der Waals surface area contributed by atoms with Crippen LogP contribution in [0.1, 0.15) is 46.5 Å². The third kappa shape index (κ3) is 3.60. The first kappa shape index (κ1) is 19.9. The molecule has 1 saturated heterocycles. The molecule has 0 aliphatic carbocycles. The van der Waals surface area contributed by atoms with E-state index >= 15 is 0 Å². The topological polar surface area (TPSA) is 90.6 Å². The van der Waals surface area contributed by atoms with Gasteiger partial charge in [-0.05, 0) is 38.8 Å². The number of hydrogen-bond donors (Lipinski definition) is 0. The van der Waals surface area contributed by atoms with E-state index in [0.29, 0.717) is 35.2 Å². The SMILES string of the molecule is COc1ccc(C(=O)N2CCC[C@H]2c2nc(C)ncc2-c2cc(C)no2)c(OC)c1. The lowest BCUT2D eigenvalue weighted by molar-refractivity contribution is 0.0729. The predicted molar refractivity (Wildman–Crippen MR) is 110 cm³/mol. The summed E-state index contributed by atoms with van der Waals surface area (Å²) in [5, 5.41) is 3.98. The smallest absolute Gasteiger partial charge is 0.258 e. The molecule has 2 aromatic heterocycles. The number of carbonyl (C=O) groups excluding carboxylic acids is 1. The molecule has 3 heterocycles. The van der Waals surface area contributed by atoms with Gasteiger partial charge in [-0.15, -0.1) is 0 Å². The Balaban J connectivity index is 1.73. The van der Waals surface area contributed by atoms with Crippen molar-refractivity contribution in [2.75, 3.05) is 20.8 Å². The van der Waals surface area contributed by atoms with Crippen LogP contribution in [-0.2, 0) is 0 Å². The summed E-state index contributed by atoms with van der Waals surface area (Å²) in [6.07, 6.45) is 3.43. The zero-order chi connectivity index (χ0) is 21.3. The molecule has 1 aliphatic heterocycles. The Morgan fingerprint density at radius 1 is 1.20 bits per heavy atom. The maximum atomic E-state index is 13.5. The van der Waals surface area contributed by atoms with Gasteiger partial charge in [0.2, 0.25) is 0 Å². The van der Waals surface area contributed by atoms with Gasteiger partial charge in [0.1, 0.15) is 17.3 Å². The van der Waals surface area contributed by atoms with Crippen LogP contribution in [0.2, 0.25) is 0 Å². The summed E-state index contributed by atoms with van der Waals surface area (Å²) >= 11 is 0. The normalized spacial score (nSPS) is 16.0. The molecule has 0 bridgehead atoms. The van der Waals surface area contributed by atoms with Crippen molar-refractivity contribution < 1.29 is 18.8 Å². The minimum Gasteiger partial charge on any atom is -0.497 e. The van der Waals surface area contributed by atoms with Gasteiger partial charge >= 0.3 is 0 Å². The number of aromatic nitrogens is 3. The molecular weight excluding hydrogens is 384 g/mol. The van der Waals surface area contributed by atoms with Gasteiger partial charge < -0.3 is 18.9 Å². The number of carbonyl (C=O) groups is 1. The van der Waals surface area contributed by atoms with Crippen molar-refractivity contribution in [2.45, 2.75) is 32.7 Å². The van der Waals surface area contributed by atoms with Crippen molar-refractivity contribution in [3.63, 3.8) is 0 Å². The quantitative estimate of drug-likeness (QED) is 0.635. The zero-order valence-electron chi connectivity index (χ0n) is 17.5. The van der Waals surface area contributed by atoms with Crippen LogP contribution in [-0.4, -0.2) is 46.7 Å². The fraction of sp³-hybridized carbons (Fsp3) is 0.364. The second-order valence-electron chi connectivity index (χ2n) is 7.27. The van der Waals surface area contributed by atoms with Crippen molar-refractivity contribution in [1.29, 1.82) is 0 Å². The average molecular weight is 408 g/mol. The summed E-state index contributed by atoms with van der Waals surface area (Å²) in [6, 6.07) is 6.88. The molecular formula is C22H24N4O4. The first-order valence-electron chi connectivity index (χ1n) is 9.82. The van der Waals surface area contributed by atoms with E-state index < -0.39 is 0 Å². The summed E-state index contributed by atoms with van der Waals surface area (Å²) in [5.41, 5.74) is 2.80. The van der Waals surface area contributed by atoms with E-state index in [1.54, 1.807) is 38.6 Å². The average Bonchev–Trinajstić information content (AvgIpc) is 3.41. The van der Waals surface area contributed by atoms with Crippen molar-refractivity contribution in [1.82, 2.24) is 20.0 Å². The second kappa shape index (κ2) is 8.14. The molecule has 1 atom stereocenters. The molecule has 0 spiro atoms. The Labute approximate surface area is 174 Å². The number of methoxy groups -OCH3 is 2. The number of hydrogen-bond acceptors (Lipinski definition) is 7. The Morgan fingerprint density at radius 2 is 2.03 bits per heavy atom. The minimum absolute atomic E-state index is 0.104. The fourth-order valence-electron chi connectivity index (χ4n) is 3.85. The Bertz CT molecular complexity index is 1080. The molecule has 4 rings (SSSR count). The first-order valence-corrected chi connectivity index (χ1v) is 9.82. The summed E-state index contributed by atoms with van der Waals surface area (Å²) in [7, 11) is 3.13. The van der Waals surface area contributed by atoms with E-state index in [1.807, 2.05) is 24.8 Å². The largest absolute Gasteiger partial charge is 0.497 e. The Morgan fingerprint density at radius 3 is 2.73 bits per heavy atom. The number of rotatable bonds is 5. The maximum absolute atomic E-state index is 13.5. The lowest BCUT2D eigenvalue weighted by Crippen LogP contribution is -2.31. The lowest BCUT2D eigenvalue weighted by atomic mass is 10.0. The molecule has 30 heavy (non-hydrogen) atoms. The van der Waals surface area contributed by atoms with Crippen LogP contribution in [0.3, 0.4) is 0 Å². The zero-order valence-corrected chi connectivity index (χ0v) is 17.5. The van der Waals surface area contributed by atoms with Gasteiger partial charge in [0.05, 0.1) is 42.8 Å². The van der Waals surface area contributed by atoms with Crippen LogP contribution < -0.4 is 9.47 Å². The molecule has 1 fully saturated rings. The first-order chi connectivity index (χ1) is 14.5. The minimum atomic E-state index is -0.189. The fourth-order valence-corrected chi connectivity index (χ4v) is 3.85. The van der Waals surface area contributed by atoms with E-state index in [0.717, 1.165) is 29.8 Å². The van der Waals surface area contributed by atoms with Crippen LogP contribution in [0.4, 0.5) is 0 Å². The second-order valence-corrected chi connectivity index (χ2v) is 7.27. The molecule has 0 unspecified atom stereocenters. The van der Waals surface area contributed by atoms with Gasteiger partial charge in [-0.25, -0.2) is 9.97 Å². The highest BCUT2D eigenvalue weighted by Crippen LogP contribution is 2.38. The number of aryl methyl sites for hydroxylation is 2. The van der Waals surface area contributed by atoms with Crippen LogP contribution in [0.25, 0.3) is 11.3 Å². The molecule has 0 N–H and O–H groups in total. The predicted octanol–water partition coefficient (Wildman–Crippen LogP) is 3.74. The molecule has 8 nitrogen and oxygen atoms in total. The van der Waals surface area contributed by atoms with E-state index in [9.17, 15) is 4.79 Å². The van der Waals surface area contributed by atoms with E-state index in [4.69, 9.17) is 19.0 Å². The molecule has 0 saturated carbocycles. The van der Waals surface area contributed by atoms with Crippen molar-refractivity contribution in [2.24, 2.45) is 0 Å². The highest BCUT2D eigenvalue weighted by atomic mass is 16.5. The van der Waals surface area contributed by atoms with Gasteiger partial charge in [0.15, 0.2) is 5.76 Å². The molecule has 3 aromatic rings. The molecule has 156 valence electrons. The van der Waals surface area contributed by atoms with Gasteiger partial charge in [-0.3, -0.25) is 4.79 Å². The summed E-state index contributed by atoms with van der Waals surface area (Å²) in [6.45, 7) is 4.34. The van der Waals surface area contributed by atoms with Crippen LogP contribution in [0.15, 0.2) is 35.0 Å². The summed E-state index contributed by atoms with van der Waals surface area (Å²) < 4.78 is 16.2. The Hall–Kier alpha value is -3.42. The molecule has 8 heteroatoms.